The molecule has 0 saturated carbocycles. The van der Waals surface area contributed by atoms with Crippen molar-refractivity contribution in [2.24, 2.45) is 5.92 Å². The monoisotopic (exact) mass is 523 g/mol. The van der Waals surface area contributed by atoms with Crippen LogP contribution < -0.4 is 0 Å². The Labute approximate surface area is 207 Å². The zero-order valence-corrected chi connectivity index (χ0v) is 23.0. The highest BCUT2D eigenvalue weighted by molar-refractivity contribution is 7.96. The minimum absolute atomic E-state index is 0.655. The SMILES string of the molecule is CCCCC(CC)COSc1nc2c(-c3cc4sc5cc(C)sc5c4s3)sc(C)c2s1. The van der Waals surface area contributed by atoms with E-state index in [4.69, 9.17) is 9.17 Å². The molecule has 0 fully saturated rings. The van der Waals surface area contributed by atoms with E-state index in [9.17, 15) is 0 Å². The summed E-state index contributed by atoms with van der Waals surface area (Å²) in [5.74, 6) is 0.655. The molecule has 5 rings (SSSR count). The maximum Gasteiger partial charge on any atom is 0.178 e. The van der Waals surface area contributed by atoms with Crippen LogP contribution in [-0.2, 0) is 4.18 Å². The van der Waals surface area contributed by atoms with Crippen molar-refractivity contribution in [3.8, 4) is 9.75 Å². The third-order valence-corrected chi connectivity index (χ3v) is 12.6. The third kappa shape index (κ3) is 4.37. The summed E-state index contributed by atoms with van der Waals surface area (Å²) in [6.45, 7) is 9.76. The summed E-state index contributed by atoms with van der Waals surface area (Å²) in [6, 6.07) is 4.69. The molecular formula is C23H25NOS6. The maximum absolute atomic E-state index is 6.01. The minimum atomic E-state index is 0.655. The van der Waals surface area contributed by atoms with Crippen LogP contribution in [0.3, 0.4) is 0 Å². The normalized spacial score (nSPS) is 13.3. The van der Waals surface area contributed by atoms with Gasteiger partial charge in [-0.15, -0.1) is 56.7 Å². The lowest BCUT2D eigenvalue weighted by molar-refractivity contribution is 0.266. The Hall–Kier alpha value is -0.480. The Kier molecular flexibility index (Phi) is 6.77. The van der Waals surface area contributed by atoms with Gasteiger partial charge in [-0.1, -0.05) is 33.1 Å². The van der Waals surface area contributed by atoms with Gasteiger partial charge in [-0.2, -0.15) is 0 Å². The number of aryl methyl sites for hydroxylation is 2. The fourth-order valence-electron chi connectivity index (χ4n) is 3.79. The standard InChI is InChI=1S/C23H25NOS6/c1-5-7-8-14(6-2)11-25-31-23-24-18-19(30-23)13(4)27-20(18)16-10-17-22(29-16)21-15(28-17)9-12(3)26-21/h9-10,14H,5-8,11H2,1-4H3. The van der Waals surface area contributed by atoms with Crippen LogP contribution in [0.25, 0.3) is 38.8 Å². The number of fused-ring (bicyclic) bond motifs is 4. The Morgan fingerprint density at radius 1 is 0.968 bits per heavy atom. The fraction of sp³-hybridized carbons (Fsp3) is 0.435. The smallest absolute Gasteiger partial charge is 0.178 e. The molecule has 0 aromatic carbocycles. The van der Waals surface area contributed by atoms with Crippen LogP contribution >= 0.6 is 68.7 Å². The van der Waals surface area contributed by atoms with Crippen LogP contribution in [0, 0.1) is 19.8 Å². The van der Waals surface area contributed by atoms with Crippen LogP contribution in [0.2, 0.25) is 0 Å². The van der Waals surface area contributed by atoms with E-state index in [1.54, 1.807) is 11.3 Å². The molecule has 164 valence electrons. The molecule has 0 radical (unpaired) electrons. The molecule has 0 saturated heterocycles. The number of rotatable bonds is 9. The second-order valence-corrected chi connectivity index (χ2v) is 14.5. The number of unbranched alkanes of at least 4 members (excludes halogenated alkanes) is 1. The van der Waals surface area contributed by atoms with Crippen LogP contribution in [0.5, 0.6) is 0 Å². The molecule has 0 N–H and O–H groups in total. The predicted molar refractivity (Wildman–Crippen MR) is 146 cm³/mol. The highest BCUT2D eigenvalue weighted by Gasteiger charge is 2.20. The summed E-state index contributed by atoms with van der Waals surface area (Å²) >= 11 is 10.9. The first-order valence-corrected chi connectivity index (χ1v) is 15.5. The van der Waals surface area contributed by atoms with E-state index in [2.05, 4.69) is 39.8 Å². The predicted octanol–water partition coefficient (Wildman–Crippen LogP) is 10.4. The number of thiophene rings is 4. The molecule has 5 heterocycles. The molecule has 0 bridgehead atoms. The first-order chi connectivity index (χ1) is 15.1. The molecule has 31 heavy (non-hydrogen) atoms. The van der Waals surface area contributed by atoms with Crippen molar-refractivity contribution in [1.29, 1.82) is 0 Å². The lowest BCUT2D eigenvalue weighted by Crippen LogP contribution is -2.05. The molecule has 5 aromatic rings. The Bertz CT molecular complexity index is 1330. The summed E-state index contributed by atoms with van der Waals surface area (Å²) in [4.78, 5) is 10.4. The van der Waals surface area contributed by atoms with Gasteiger partial charge in [0.25, 0.3) is 0 Å². The Balaban J connectivity index is 1.39. The zero-order valence-electron chi connectivity index (χ0n) is 18.1. The van der Waals surface area contributed by atoms with E-state index in [-0.39, 0.29) is 0 Å². The van der Waals surface area contributed by atoms with Gasteiger partial charge < -0.3 is 4.18 Å². The summed E-state index contributed by atoms with van der Waals surface area (Å²) in [5.41, 5.74) is 1.16. The van der Waals surface area contributed by atoms with E-state index in [0.29, 0.717) is 5.92 Å². The molecule has 0 spiro atoms. The quantitative estimate of drug-likeness (QED) is 0.179. The van der Waals surface area contributed by atoms with Gasteiger partial charge in [-0.3, -0.25) is 0 Å². The lowest BCUT2D eigenvalue weighted by atomic mass is 10.0. The van der Waals surface area contributed by atoms with E-state index in [0.717, 1.165) is 16.5 Å². The van der Waals surface area contributed by atoms with Crippen molar-refractivity contribution in [2.45, 2.75) is 57.7 Å². The minimum Gasteiger partial charge on any atom is -0.308 e. The van der Waals surface area contributed by atoms with Crippen molar-refractivity contribution in [1.82, 2.24) is 4.98 Å². The van der Waals surface area contributed by atoms with E-state index >= 15 is 0 Å². The van der Waals surface area contributed by atoms with Gasteiger partial charge in [-0.25, -0.2) is 4.98 Å². The van der Waals surface area contributed by atoms with E-state index in [1.165, 1.54) is 80.7 Å². The van der Waals surface area contributed by atoms with Crippen molar-refractivity contribution in [3.63, 3.8) is 0 Å². The van der Waals surface area contributed by atoms with Crippen molar-refractivity contribution >= 4 is 97.7 Å². The van der Waals surface area contributed by atoms with Crippen LogP contribution in [0.4, 0.5) is 0 Å². The average Bonchev–Trinajstić information content (AvgIpc) is 3.52. The highest BCUT2D eigenvalue weighted by atomic mass is 32.2. The van der Waals surface area contributed by atoms with Crippen LogP contribution in [0.1, 0.15) is 49.3 Å². The highest BCUT2D eigenvalue weighted by Crippen LogP contribution is 2.50. The first kappa shape index (κ1) is 22.3. The Morgan fingerprint density at radius 3 is 2.58 bits per heavy atom. The summed E-state index contributed by atoms with van der Waals surface area (Å²) in [6.07, 6.45) is 4.99. The van der Waals surface area contributed by atoms with Gasteiger partial charge in [0, 0.05) is 24.0 Å². The third-order valence-electron chi connectivity index (χ3n) is 5.54. The number of aromatic nitrogens is 1. The van der Waals surface area contributed by atoms with E-state index in [1.807, 2.05) is 45.3 Å². The molecule has 1 unspecified atom stereocenters. The van der Waals surface area contributed by atoms with Gasteiger partial charge in [0.1, 0.15) is 5.52 Å². The maximum atomic E-state index is 6.01. The zero-order chi connectivity index (χ0) is 21.5. The second kappa shape index (κ2) is 9.41. The lowest BCUT2D eigenvalue weighted by Gasteiger charge is -2.12. The van der Waals surface area contributed by atoms with E-state index < -0.39 is 0 Å². The van der Waals surface area contributed by atoms with Crippen molar-refractivity contribution in [2.75, 3.05) is 6.61 Å². The molecule has 8 heteroatoms. The summed E-state index contributed by atoms with van der Waals surface area (Å²) < 4.78 is 14.1. The molecular weight excluding hydrogens is 499 g/mol. The second-order valence-electron chi connectivity index (χ2n) is 7.89. The first-order valence-electron chi connectivity index (χ1n) is 10.7. The topological polar surface area (TPSA) is 22.1 Å². The Morgan fingerprint density at radius 2 is 1.77 bits per heavy atom. The van der Waals surface area contributed by atoms with Gasteiger partial charge in [0.15, 0.2) is 4.34 Å². The molecule has 1 atom stereocenters. The van der Waals surface area contributed by atoms with Gasteiger partial charge >= 0.3 is 0 Å². The molecule has 0 aliphatic rings. The summed E-state index contributed by atoms with van der Waals surface area (Å²) in [5, 5.41) is 0. The molecule has 0 amide bonds. The largest absolute Gasteiger partial charge is 0.308 e. The van der Waals surface area contributed by atoms with Crippen LogP contribution in [-0.4, -0.2) is 11.6 Å². The number of hydrogen-bond acceptors (Lipinski definition) is 8. The van der Waals surface area contributed by atoms with Crippen LogP contribution in [0.15, 0.2) is 16.5 Å². The van der Waals surface area contributed by atoms with Gasteiger partial charge in [0.05, 0.1) is 37.6 Å². The molecule has 5 aromatic heterocycles. The van der Waals surface area contributed by atoms with Gasteiger partial charge in [0.2, 0.25) is 0 Å². The average molecular weight is 524 g/mol. The number of hydrogen-bond donors (Lipinski definition) is 0. The molecule has 0 aliphatic heterocycles. The molecule has 2 nitrogen and oxygen atoms in total. The fourth-order valence-corrected chi connectivity index (χ4v) is 10.8. The number of nitrogens with zero attached hydrogens (tertiary/aromatic N) is 1. The molecule has 0 aliphatic carbocycles. The van der Waals surface area contributed by atoms with Crippen molar-refractivity contribution in [3.05, 3.63) is 21.9 Å². The number of thiazole rings is 1. The summed E-state index contributed by atoms with van der Waals surface area (Å²) in [7, 11) is 0. The van der Waals surface area contributed by atoms with Crippen molar-refractivity contribution < 1.29 is 4.18 Å². The van der Waals surface area contributed by atoms with Gasteiger partial charge in [-0.05, 0) is 38.3 Å².